The number of nitrogens with zero attached hydrogens (tertiary/aromatic N) is 1. The fourth-order valence-electron chi connectivity index (χ4n) is 1.34. The molecule has 0 aliphatic rings. The summed E-state index contributed by atoms with van der Waals surface area (Å²) in [7, 11) is 0.750. The molecule has 0 radical (unpaired) electrons. The van der Waals surface area contributed by atoms with E-state index in [1.807, 2.05) is 0 Å². The summed E-state index contributed by atoms with van der Waals surface area (Å²) in [6, 6.07) is 0. The Hall–Kier alpha value is -0.172. The van der Waals surface area contributed by atoms with Crippen molar-refractivity contribution < 1.29 is 44.6 Å². The van der Waals surface area contributed by atoms with Crippen LogP contribution in [0, 0.1) is 20.0 Å². The summed E-state index contributed by atoms with van der Waals surface area (Å²) in [6.07, 6.45) is 0. The van der Waals surface area contributed by atoms with Gasteiger partial charge in [-0.2, -0.15) is 7.11 Å². The van der Waals surface area contributed by atoms with E-state index in [0.717, 1.165) is 7.11 Å². The van der Waals surface area contributed by atoms with Gasteiger partial charge in [0.1, 0.15) is 0 Å². The smallest absolute Gasteiger partial charge is 0 e. The summed E-state index contributed by atoms with van der Waals surface area (Å²) >= 11 is 0. The van der Waals surface area contributed by atoms with Crippen LogP contribution in [-0.4, -0.2) is 37.8 Å². The minimum atomic E-state index is 0. The standard InChI is InChI=1S/C8H20N.CH3O.3CO.Mo/c1-5-9(6-2,7-3)8-4;4*1-2;/h5-8H2,1-4H3;1H3;;;;/q+1;-1;;;;. The van der Waals surface area contributed by atoms with Gasteiger partial charge in [-0.25, -0.2) is 0 Å². The van der Waals surface area contributed by atoms with Gasteiger partial charge in [-0.05, 0) is 27.7 Å². The van der Waals surface area contributed by atoms with Gasteiger partial charge in [-0.1, -0.05) is 0 Å². The van der Waals surface area contributed by atoms with Gasteiger partial charge in [0, 0.05) is 21.1 Å². The Labute approximate surface area is 126 Å². The number of hydrogen-bond donors (Lipinski definition) is 0. The molecule has 0 saturated carbocycles. The van der Waals surface area contributed by atoms with E-state index in [-0.39, 0.29) is 21.1 Å². The zero-order chi connectivity index (χ0) is 15.3. The summed E-state index contributed by atoms with van der Waals surface area (Å²) in [5, 5.41) is 8.25. The first-order valence-corrected chi connectivity index (χ1v) is 5.11. The van der Waals surface area contributed by atoms with E-state index in [0.29, 0.717) is 0 Å². The molecule has 0 amide bonds. The van der Waals surface area contributed by atoms with Crippen molar-refractivity contribution in [2.75, 3.05) is 33.3 Å². The van der Waals surface area contributed by atoms with Crippen LogP contribution in [0.4, 0.5) is 0 Å². The molecule has 18 heavy (non-hydrogen) atoms. The van der Waals surface area contributed by atoms with Crippen LogP contribution in [0.3, 0.4) is 0 Å². The quantitative estimate of drug-likeness (QED) is 0.321. The van der Waals surface area contributed by atoms with Crippen molar-refractivity contribution in [1.82, 2.24) is 0 Å². The van der Waals surface area contributed by atoms with Crippen LogP contribution in [0.5, 0.6) is 0 Å². The van der Waals surface area contributed by atoms with Crippen LogP contribution in [0.2, 0.25) is 0 Å². The molecule has 0 heterocycles. The first-order valence-electron chi connectivity index (χ1n) is 5.11. The van der Waals surface area contributed by atoms with Crippen molar-refractivity contribution >= 4 is 0 Å². The van der Waals surface area contributed by atoms with E-state index in [1.54, 1.807) is 0 Å². The Morgan fingerprint density at radius 1 is 0.667 bits per heavy atom. The predicted molar refractivity (Wildman–Crippen MR) is 60.1 cm³/mol. The second-order valence-electron chi connectivity index (χ2n) is 2.61. The Kier molecular flexibility index (Phi) is 87.5. The molecule has 0 rings (SSSR count). The molecule has 0 bridgehead atoms. The number of quaternary nitrogens is 1. The Bertz CT molecular complexity index is 133. The molecule has 106 valence electrons. The van der Waals surface area contributed by atoms with Gasteiger partial charge in [0.15, 0.2) is 0 Å². The predicted octanol–water partition coefficient (Wildman–Crippen LogP) is 0.744. The van der Waals surface area contributed by atoms with Crippen LogP contribution < -0.4 is 5.11 Å². The monoisotopic (exact) mass is 343 g/mol. The molecule has 6 heteroatoms. The Morgan fingerprint density at radius 3 is 0.778 bits per heavy atom. The maximum Gasteiger partial charge on any atom is 0 e. The maximum atomic E-state index is 8.25. The van der Waals surface area contributed by atoms with Gasteiger partial charge in [-0.15, -0.1) is 0 Å². The summed E-state index contributed by atoms with van der Waals surface area (Å²) < 4.78 is 23.8. The summed E-state index contributed by atoms with van der Waals surface area (Å²) in [5.41, 5.74) is 0. The SMILES string of the molecule is CC[N+](CC)(CC)CC.C[O-].[C-]#[O+].[C-]#[O+].[C-]#[O+].[Mo]. The first kappa shape index (κ1) is 36.1. The van der Waals surface area contributed by atoms with E-state index in [9.17, 15) is 0 Å². The topological polar surface area (TPSA) is 82.8 Å². The average Bonchev–Trinajstić information content (AvgIpc) is 2.50. The molecule has 0 spiro atoms. The van der Waals surface area contributed by atoms with Crippen molar-refractivity contribution in [3.63, 3.8) is 0 Å². The van der Waals surface area contributed by atoms with Crippen LogP contribution in [0.25, 0.3) is 0 Å². The fraction of sp³-hybridized carbons (Fsp3) is 0.750. The van der Waals surface area contributed by atoms with Gasteiger partial charge >= 0.3 is 33.9 Å². The summed E-state index contributed by atoms with van der Waals surface area (Å²) in [6.45, 7) is 27.7. The largest absolute Gasteiger partial charge is 0 e. The van der Waals surface area contributed by atoms with E-state index < -0.39 is 0 Å². The maximum absolute atomic E-state index is 8.25. The van der Waals surface area contributed by atoms with Crippen LogP contribution >= 0.6 is 0 Å². The van der Waals surface area contributed by atoms with Crippen LogP contribution in [-0.2, 0) is 35.0 Å². The minimum absolute atomic E-state index is 0. The third-order valence-electron chi connectivity index (χ3n) is 2.68. The zero-order valence-electron chi connectivity index (χ0n) is 11.8. The minimum Gasteiger partial charge on any atom is 0 e. The zero-order valence-corrected chi connectivity index (χ0v) is 13.8. The molecule has 5 nitrogen and oxygen atoms in total. The molecule has 0 aromatic carbocycles. The summed E-state index contributed by atoms with van der Waals surface area (Å²) in [5.74, 6) is 0. The number of hydrogen-bond acceptors (Lipinski definition) is 1. The van der Waals surface area contributed by atoms with Gasteiger partial charge in [0.05, 0.1) is 26.2 Å². The Balaban J connectivity index is -0.0000000342. The van der Waals surface area contributed by atoms with Crippen molar-refractivity contribution in [2.45, 2.75) is 27.7 Å². The van der Waals surface area contributed by atoms with Crippen molar-refractivity contribution in [2.24, 2.45) is 0 Å². The van der Waals surface area contributed by atoms with Crippen LogP contribution in [0.1, 0.15) is 27.7 Å². The molecule has 0 aromatic heterocycles. The normalized spacial score (nSPS) is 6.67. The molecule has 0 aliphatic heterocycles. The molecular weight excluding hydrogens is 318 g/mol. The molecule has 0 aromatic rings. The molecule has 0 unspecified atom stereocenters. The van der Waals surface area contributed by atoms with Crippen molar-refractivity contribution in [1.29, 1.82) is 0 Å². The second kappa shape index (κ2) is 43.6. The van der Waals surface area contributed by atoms with Gasteiger partial charge in [0.25, 0.3) is 0 Å². The molecule has 0 aliphatic carbocycles. The van der Waals surface area contributed by atoms with Crippen molar-refractivity contribution in [3.8, 4) is 0 Å². The van der Waals surface area contributed by atoms with E-state index in [4.69, 9.17) is 19.1 Å². The van der Waals surface area contributed by atoms with Crippen LogP contribution in [0.15, 0.2) is 0 Å². The molecule has 0 atom stereocenters. The third-order valence-corrected chi connectivity index (χ3v) is 2.68. The molecule has 0 N–H and O–H groups in total. The van der Waals surface area contributed by atoms with Gasteiger partial charge < -0.3 is 9.59 Å². The van der Waals surface area contributed by atoms with Crippen molar-refractivity contribution in [3.05, 3.63) is 20.0 Å². The molecular formula is C12H23MoNO4. The van der Waals surface area contributed by atoms with E-state index in [2.05, 4.69) is 47.6 Å². The van der Waals surface area contributed by atoms with Gasteiger partial charge in [0.2, 0.25) is 0 Å². The molecule has 0 fully saturated rings. The fourth-order valence-corrected chi connectivity index (χ4v) is 1.34. The van der Waals surface area contributed by atoms with Gasteiger partial charge in [-0.3, -0.25) is 0 Å². The first-order chi connectivity index (χ1) is 8.24. The molecule has 0 saturated heterocycles. The Morgan fingerprint density at radius 2 is 0.778 bits per heavy atom. The number of rotatable bonds is 4. The third kappa shape index (κ3) is 24.9. The summed E-state index contributed by atoms with van der Waals surface area (Å²) in [4.78, 5) is 0. The van der Waals surface area contributed by atoms with E-state index in [1.165, 1.54) is 30.7 Å². The van der Waals surface area contributed by atoms with E-state index >= 15 is 0 Å². The second-order valence-corrected chi connectivity index (χ2v) is 2.61. The average molecular weight is 341 g/mol.